The molecule has 1 aliphatic heterocycles. The van der Waals surface area contributed by atoms with Gasteiger partial charge in [-0.05, 0) is 12.1 Å². The molecule has 5 nitrogen and oxygen atoms in total. The standard InChI is InChI=1S/C12H15N3O2/c1-9-8-15(7-4-11(9)16)12(17)14-10-2-5-13-6-3-10/h2-3,5-6,9H,4,7-8H2,1H3,(H,13,14,17)/t9-/m0/s1. The topological polar surface area (TPSA) is 62.3 Å². The van der Waals surface area contributed by atoms with Crippen molar-refractivity contribution in [3.63, 3.8) is 0 Å². The van der Waals surface area contributed by atoms with E-state index in [4.69, 9.17) is 0 Å². The van der Waals surface area contributed by atoms with Crippen molar-refractivity contribution in [2.24, 2.45) is 5.92 Å². The van der Waals surface area contributed by atoms with E-state index in [1.165, 1.54) is 0 Å². The number of nitrogens with zero attached hydrogens (tertiary/aromatic N) is 2. The van der Waals surface area contributed by atoms with Crippen LogP contribution in [0, 0.1) is 5.92 Å². The van der Waals surface area contributed by atoms with Crippen LogP contribution in [0.4, 0.5) is 10.5 Å². The Hall–Kier alpha value is -1.91. The van der Waals surface area contributed by atoms with Crippen molar-refractivity contribution in [2.45, 2.75) is 13.3 Å². The number of aromatic nitrogens is 1. The van der Waals surface area contributed by atoms with E-state index in [1.54, 1.807) is 29.4 Å². The molecular formula is C12H15N3O2. The Morgan fingerprint density at radius 3 is 2.82 bits per heavy atom. The SMILES string of the molecule is C[C@H]1CN(C(=O)Nc2ccncc2)CCC1=O. The molecule has 0 bridgehead atoms. The second-order valence-corrected chi connectivity index (χ2v) is 4.23. The summed E-state index contributed by atoms with van der Waals surface area (Å²) in [6.07, 6.45) is 3.70. The van der Waals surface area contributed by atoms with Crippen molar-refractivity contribution in [3.8, 4) is 0 Å². The Morgan fingerprint density at radius 1 is 1.47 bits per heavy atom. The molecule has 1 atom stereocenters. The maximum Gasteiger partial charge on any atom is 0.321 e. The first-order chi connectivity index (χ1) is 8.16. The van der Waals surface area contributed by atoms with Crippen LogP contribution in [0.2, 0.25) is 0 Å². The molecule has 2 amide bonds. The molecule has 0 spiro atoms. The number of piperidine rings is 1. The molecule has 1 saturated heterocycles. The van der Waals surface area contributed by atoms with E-state index < -0.39 is 0 Å². The molecular weight excluding hydrogens is 218 g/mol. The molecule has 0 saturated carbocycles. The minimum Gasteiger partial charge on any atom is -0.323 e. The van der Waals surface area contributed by atoms with Gasteiger partial charge in [0.25, 0.3) is 0 Å². The van der Waals surface area contributed by atoms with E-state index in [-0.39, 0.29) is 17.7 Å². The maximum atomic E-state index is 11.9. The van der Waals surface area contributed by atoms with E-state index in [1.807, 2.05) is 6.92 Å². The molecule has 0 radical (unpaired) electrons. The first-order valence-corrected chi connectivity index (χ1v) is 5.65. The normalized spacial score (nSPS) is 20.2. The highest BCUT2D eigenvalue weighted by molar-refractivity contribution is 5.91. The average Bonchev–Trinajstić information content (AvgIpc) is 2.34. The quantitative estimate of drug-likeness (QED) is 0.800. The van der Waals surface area contributed by atoms with Crippen LogP contribution in [0.15, 0.2) is 24.5 Å². The maximum absolute atomic E-state index is 11.9. The van der Waals surface area contributed by atoms with E-state index in [9.17, 15) is 9.59 Å². The van der Waals surface area contributed by atoms with Gasteiger partial charge in [0.1, 0.15) is 5.78 Å². The highest BCUT2D eigenvalue weighted by Gasteiger charge is 2.26. The van der Waals surface area contributed by atoms with Gasteiger partial charge in [-0.1, -0.05) is 6.92 Å². The number of rotatable bonds is 1. The van der Waals surface area contributed by atoms with Crippen molar-refractivity contribution < 1.29 is 9.59 Å². The van der Waals surface area contributed by atoms with Gasteiger partial charge >= 0.3 is 6.03 Å². The van der Waals surface area contributed by atoms with Gasteiger partial charge in [0.15, 0.2) is 0 Å². The van der Waals surface area contributed by atoms with Crippen LogP contribution in [0.5, 0.6) is 0 Å². The summed E-state index contributed by atoms with van der Waals surface area (Å²) in [6.45, 7) is 2.85. The van der Waals surface area contributed by atoms with E-state index >= 15 is 0 Å². The van der Waals surface area contributed by atoms with Crippen molar-refractivity contribution >= 4 is 17.5 Å². The molecule has 0 aliphatic carbocycles. The third-order valence-electron chi connectivity index (χ3n) is 2.89. The fraction of sp³-hybridized carbons (Fsp3) is 0.417. The number of carbonyl (C=O) groups excluding carboxylic acids is 2. The lowest BCUT2D eigenvalue weighted by Gasteiger charge is -2.30. The molecule has 1 aromatic rings. The fourth-order valence-corrected chi connectivity index (χ4v) is 1.84. The Kier molecular flexibility index (Phi) is 3.37. The second-order valence-electron chi connectivity index (χ2n) is 4.23. The molecule has 2 heterocycles. The van der Waals surface area contributed by atoms with Gasteiger partial charge in [-0.2, -0.15) is 0 Å². The highest BCUT2D eigenvalue weighted by Crippen LogP contribution is 2.14. The van der Waals surface area contributed by atoms with E-state index in [2.05, 4.69) is 10.3 Å². The number of hydrogen-bond donors (Lipinski definition) is 1. The summed E-state index contributed by atoms with van der Waals surface area (Å²) in [4.78, 5) is 28.8. The van der Waals surface area contributed by atoms with Gasteiger partial charge in [0, 0.05) is 43.5 Å². The number of ketones is 1. The number of carbonyl (C=O) groups is 2. The minimum atomic E-state index is -0.157. The lowest BCUT2D eigenvalue weighted by Crippen LogP contribution is -2.45. The largest absolute Gasteiger partial charge is 0.323 e. The second kappa shape index (κ2) is 4.95. The van der Waals surface area contributed by atoms with Crippen molar-refractivity contribution in [1.82, 2.24) is 9.88 Å². The molecule has 5 heteroatoms. The van der Waals surface area contributed by atoms with Gasteiger partial charge < -0.3 is 10.2 Å². The molecule has 0 aromatic carbocycles. The lowest BCUT2D eigenvalue weighted by molar-refractivity contribution is -0.124. The van der Waals surface area contributed by atoms with Crippen LogP contribution < -0.4 is 5.32 Å². The summed E-state index contributed by atoms with van der Waals surface area (Å²) in [5, 5.41) is 2.78. The summed E-state index contributed by atoms with van der Waals surface area (Å²) in [5.74, 6) is 0.171. The van der Waals surface area contributed by atoms with Crippen molar-refractivity contribution in [3.05, 3.63) is 24.5 Å². The summed E-state index contributed by atoms with van der Waals surface area (Å²) in [6, 6.07) is 3.31. The van der Waals surface area contributed by atoms with Gasteiger partial charge in [0.2, 0.25) is 0 Å². The number of pyridine rings is 1. The van der Waals surface area contributed by atoms with Gasteiger partial charge in [-0.25, -0.2) is 4.79 Å². The number of urea groups is 1. The summed E-state index contributed by atoms with van der Waals surface area (Å²) in [5.41, 5.74) is 0.717. The van der Waals surface area contributed by atoms with Crippen molar-refractivity contribution in [2.75, 3.05) is 18.4 Å². The Balaban J connectivity index is 1.95. The number of amides is 2. The summed E-state index contributed by atoms with van der Waals surface area (Å²) in [7, 11) is 0. The first-order valence-electron chi connectivity index (χ1n) is 5.65. The molecule has 1 aromatic heterocycles. The van der Waals surface area contributed by atoms with E-state index in [0.717, 1.165) is 5.69 Å². The summed E-state index contributed by atoms with van der Waals surface area (Å²) < 4.78 is 0. The lowest BCUT2D eigenvalue weighted by atomic mass is 9.99. The minimum absolute atomic E-state index is 0.0630. The first kappa shape index (κ1) is 11.6. The van der Waals surface area contributed by atoms with Gasteiger partial charge in [-0.15, -0.1) is 0 Å². The predicted molar refractivity (Wildman–Crippen MR) is 63.6 cm³/mol. The van der Waals surface area contributed by atoms with Crippen LogP contribution in [0.25, 0.3) is 0 Å². The smallest absolute Gasteiger partial charge is 0.321 e. The number of hydrogen-bond acceptors (Lipinski definition) is 3. The average molecular weight is 233 g/mol. The fourth-order valence-electron chi connectivity index (χ4n) is 1.84. The Bertz CT molecular complexity index is 419. The van der Waals surface area contributed by atoms with Gasteiger partial charge in [-0.3, -0.25) is 9.78 Å². The monoisotopic (exact) mass is 233 g/mol. The van der Waals surface area contributed by atoms with Crippen LogP contribution in [0.3, 0.4) is 0 Å². The molecule has 2 rings (SSSR count). The van der Waals surface area contributed by atoms with Gasteiger partial charge in [0.05, 0.1) is 0 Å². The van der Waals surface area contributed by atoms with Crippen molar-refractivity contribution in [1.29, 1.82) is 0 Å². The molecule has 1 aliphatic rings. The third kappa shape index (κ3) is 2.81. The molecule has 0 unspecified atom stereocenters. The molecule has 1 fully saturated rings. The zero-order chi connectivity index (χ0) is 12.3. The van der Waals surface area contributed by atoms with Crippen LogP contribution in [0.1, 0.15) is 13.3 Å². The molecule has 17 heavy (non-hydrogen) atoms. The van der Waals surface area contributed by atoms with E-state index in [0.29, 0.717) is 19.5 Å². The zero-order valence-electron chi connectivity index (χ0n) is 9.72. The highest BCUT2D eigenvalue weighted by atomic mass is 16.2. The number of Topliss-reactive ketones (excluding diaryl/α,β-unsaturated/α-hetero) is 1. The predicted octanol–water partition coefficient (Wildman–Crippen LogP) is 1.52. The van der Waals surface area contributed by atoms with Crippen LogP contribution >= 0.6 is 0 Å². The molecule has 90 valence electrons. The summed E-state index contributed by atoms with van der Waals surface area (Å²) >= 11 is 0. The van der Waals surface area contributed by atoms with Crippen LogP contribution in [-0.4, -0.2) is 34.8 Å². The number of anilines is 1. The number of likely N-dealkylation sites (tertiary alicyclic amines) is 1. The molecule has 1 N–H and O–H groups in total. The Labute approximate surface area is 99.8 Å². The zero-order valence-corrected chi connectivity index (χ0v) is 9.72. The number of nitrogens with one attached hydrogen (secondary N) is 1. The third-order valence-corrected chi connectivity index (χ3v) is 2.89. The Morgan fingerprint density at radius 2 is 2.18 bits per heavy atom. The van der Waals surface area contributed by atoms with Crippen LogP contribution in [-0.2, 0) is 4.79 Å².